The van der Waals surface area contributed by atoms with E-state index in [2.05, 4.69) is 45.9 Å². The SMILES string of the molecule is C/C1=C\CC(C)(C)/C=C/C[C@@]2(C)OC3=C4C(=CC(=O)C3=O)CO[C@H]4[C@@H]2CC1. The van der Waals surface area contributed by atoms with Crippen molar-refractivity contribution in [1.29, 1.82) is 0 Å². The predicted molar refractivity (Wildman–Crippen MR) is 103 cm³/mol. The van der Waals surface area contributed by atoms with Crippen molar-refractivity contribution < 1.29 is 19.1 Å². The van der Waals surface area contributed by atoms with Crippen LogP contribution in [0.2, 0.25) is 0 Å². The lowest BCUT2D eigenvalue weighted by Gasteiger charge is -2.45. The molecule has 0 aromatic carbocycles. The number of fused-ring (bicyclic) bond motifs is 2. The van der Waals surface area contributed by atoms with Crippen LogP contribution in [0.3, 0.4) is 0 Å². The topological polar surface area (TPSA) is 52.6 Å². The molecular formula is C23H28O4. The molecule has 0 N–H and O–H groups in total. The second-order valence-electron chi connectivity index (χ2n) is 9.25. The molecule has 0 radical (unpaired) electrons. The summed E-state index contributed by atoms with van der Waals surface area (Å²) in [6.45, 7) is 9.10. The third kappa shape index (κ3) is 3.14. The zero-order valence-electron chi connectivity index (χ0n) is 16.6. The third-order valence-electron chi connectivity index (χ3n) is 6.43. The quantitative estimate of drug-likeness (QED) is 0.365. The highest BCUT2D eigenvalue weighted by atomic mass is 16.5. The lowest BCUT2D eigenvalue weighted by Crippen LogP contribution is -2.50. The fraction of sp³-hybridized carbons (Fsp3) is 0.565. The Hall–Kier alpha value is -1.94. The molecule has 4 heteroatoms. The summed E-state index contributed by atoms with van der Waals surface area (Å²) in [6, 6.07) is 0. The molecule has 0 spiro atoms. The Labute approximate surface area is 161 Å². The summed E-state index contributed by atoms with van der Waals surface area (Å²) in [5, 5.41) is 0. The number of allylic oxidation sites excluding steroid dienone is 5. The summed E-state index contributed by atoms with van der Waals surface area (Å²) < 4.78 is 12.5. The van der Waals surface area contributed by atoms with Crippen molar-refractivity contribution in [3.05, 3.63) is 46.8 Å². The van der Waals surface area contributed by atoms with Crippen molar-refractivity contribution in [2.24, 2.45) is 11.3 Å². The van der Waals surface area contributed by atoms with Gasteiger partial charge in [0.15, 0.2) is 5.76 Å². The van der Waals surface area contributed by atoms with E-state index in [1.807, 2.05) is 0 Å². The lowest BCUT2D eigenvalue weighted by atomic mass is 9.72. The van der Waals surface area contributed by atoms with Crippen molar-refractivity contribution in [2.45, 2.75) is 65.1 Å². The molecule has 4 rings (SSSR count). The van der Waals surface area contributed by atoms with Crippen LogP contribution < -0.4 is 0 Å². The summed E-state index contributed by atoms with van der Waals surface area (Å²) >= 11 is 0. The fourth-order valence-corrected chi connectivity index (χ4v) is 4.68. The van der Waals surface area contributed by atoms with Gasteiger partial charge in [0.05, 0.1) is 12.7 Å². The monoisotopic (exact) mass is 368 g/mol. The Morgan fingerprint density at radius 1 is 1.15 bits per heavy atom. The van der Waals surface area contributed by atoms with Gasteiger partial charge in [-0.25, -0.2) is 0 Å². The second-order valence-corrected chi connectivity index (χ2v) is 9.25. The molecule has 1 saturated heterocycles. The van der Waals surface area contributed by atoms with Crippen molar-refractivity contribution in [3.8, 4) is 0 Å². The van der Waals surface area contributed by atoms with Gasteiger partial charge in [-0.05, 0) is 50.2 Å². The molecule has 2 aliphatic carbocycles. The molecule has 0 bridgehead atoms. The third-order valence-corrected chi connectivity index (χ3v) is 6.43. The van der Waals surface area contributed by atoms with Crippen LogP contribution in [0.25, 0.3) is 0 Å². The van der Waals surface area contributed by atoms with Gasteiger partial charge in [-0.3, -0.25) is 9.59 Å². The first-order chi connectivity index (χ1) is 12.7. The number of hydrogen-bond acceptors (Lipinski definition) is 4. The Balaban J connectivity index is 1.77. The summed E-state index contributed by atoms with van der Waals surface area (Å²) in [7, 11) is 0. The number of hydrogen-bond donors (Lipinski definition) is 0. The van der Waals surface area contributed by atoms with Crippen molar-refractivity contribution in [1.82, 2.24) is 0 Å². The van der Waals surface area contributed by atoms with E-state index in [4.69, 9.17) is 9.47 Å². The van der Waals surface area contributed by atoms with E-state index < -0.39 is 17.2 Å². The van der Waals surface area contributed by atoms with Crippen molar-refractivity contribution in [3.63, 3.8) is 0 Å². The number of ether oxygens (including phenoxy) is 2. The number of carbonyl (C=O) groups excluding carboxylic acids is 2. The van der Waals surface area contributed by atoms with Crippen LogP contribution in [-0.2, 0) is 19.1 Å². The molecule has 0 aromatic heterocycles. The van der Waals surface area contributed by atoms with Crippen LogP contribution in [-0.4, -0.2) is 29.9 Å². The fourth-order valence-electron chi connectivity index (χ4n) is 4.68. The molecule has 3 atom stereocenters. The van der Waals surface area contributed by atoms with E-state index in [0.29, 0.717) is 13.0 Å². The summed E-state index contributed by atoms with van der Waals surface area (Å²) in [5.74, 6) is -0.660. The highest BCUT2D eigenvalue weighted by Crippen LogP contribution is 2.49. The van der Waals surface area contributed by atoms with Gasteiger partial charge in [-0.1, -0.05) is 37.6 Å². The molecule has 2 heterocycles. The Morgan fingerprint density at radius 3 is 2.70 bits per heavy atom. The maximum Gasteiger partial charge on any atom is 0.267 e. The maximum atomic E-state index is 12.5. The number of rotatable bonds is 0. The number of ketones is 2. The molecule has 1 fully saturated rings. The molecule has 4 nitrogen and oxygen atoms in total. The molecule has 0 saturated carbocycles. The number of carbonyl (C=O) groups is 2. The van der Waals surface area contributed by atoms with Gasteiger partial charge in [0.2, 0.25) is 5.78 Å². The van der Waals surface area contributed by atoms with E-state index in [9.17, 15) is 9.59 Å². The first-order valence-electron chi connectivity index (χ1n) is 9.88. The minimum Gasteiger partial charge on any atom is -0.482 e. The molecule has 4 aliphatic rings. The smallest absolute Gasteiger partial charge is 0.267 e. The molecular weight excluding hydrogens is 340 g/mol. The average Bonchev–Trinajstić information content (AvgIpc) is 2.99. The summed E-state index contributed by atoms with van der Waals surface area (Å²) in [4.78, 5) is 24.6. The highest BCUT2D eigenvalue weighted by Gasteiger charge is 2.53. The van der Waals surface area contributed by atoms with Gasteiger partial charge in [0.1, 0.15) is 5.60 Å². The first kappa shape index (κ1) is 18.4. The van der Waals surface area contributed by atoms with Gasteiger partial charge in [-0.2, -0.15) is 0 Å². The molecule has 0 aromatic rings. The second kappa shape index (κ2) is 6.30. The van der Waals surface area contributed by atoms with Crippen molar-refractivity contribution in [2.75, 3.05) is 6.61 Å². The van der Waals surface area contributed by atoms with Gasteiger partial charge in [0, 0.05) is 17.9 Å². The zero-order chi connectivity index (χ0) is 19.4. The summed E-state index contributed by atoms with van der Waals surface area (Å²) in [5.41, 5.74) is 2.53. The predicted octanol–water partition coefficient (Wildman–Crippen LogP) is 4.23. The largest absolute Gasteiger partial charge is 0.482 e. The molecule has 2 aliphatic heterocycles. The Kier molecular flexibility index (Phi) is 4.30. The van der Waals surface area contributed by atoms with E-state index in [0.717, 1.165) is 30.4 Å². The van der Waals surface area contributed by atoms with Crippen LogP contribution in [0.1, 0.15) is 53.4 Å². The van der Waals surface area contributed by atoms with Crippen LogP contribution >= 0.6 is 0 Å². The molecule has 0 unspecified atom stereocenters. The van der Waals surface area contributed by atoms with Crippen molar-refractivity contribution >= 4 is 11.6 Å². The van der Waals surface area contributed by atoms with Crippen LogP contribution in [0, 0.1) is 11.3 Å². The van der Waals surface area contributed by atoms with Gasteiger partial charge >= 0.3 is 0 Å². The van der Waals surface area contributed by atoms with E-state index in [1.165, 1.54) is 11.6 Å². The Bertz CT molecular complexity index is 823. The lowest BCUT2D eigenvalue weighted by molar-refractivity contribution is -0.141. The number of Topliss-reactive ketones (excluding diaryl/α,β-unsaturated/α-hetero) is 1. The Morgan fingerprint density at radius 2 is 1.93 bits per heavy atom. The van der Waals surface area contributed by atoms with Gasteiger partial charge < -0.3 is 9.47 Å². The van der Waals surface area contributed by atoms with E-state index in [-0.39, 0.29) is 23.2 Å². The van der Waals surface area contributed by atoms with Gasteiger partial charge in [0.25, 0.3) is 5.78 Å². The summed E-state index contributed by atoms with van der Waals surface area (Å²) in [6.07, 6.45) is 11.6. The van der Waals surface area contributed by atoms with Gasteiger partial charge in [-0.15, -0.1) is 0 Å². The van der Waals surface area contributed by atoms with Crippen LogP contribution in [0.4, 0.5) is 0 Å². The standard InChI is InChI=1S/C23H28O4/c1-14-6-7-16-20-18-15(13-26-20)12-17(24)19(25)21(18)27-23(16,4)10-5-9-22(2,3)11-8-14/h5,8-9,12,16,20H,6-7,10-11,13H2,1-4H3/b9-5+,14-8+/t16-,20-,23+/m0/s1. The van der Waals surface area contributed by atoms with Crippen LogP contribution in [0.15, 0.2) is 46.8 Å². The molecule has 144 valence electrons. The molecule has 0 amide bonds. The average molecular weight is 368 g/mol. The zero-order valence-corrected chi connectivity index (χ0v) is 16.6. The van der Waals surface area contributed by atoms with Crippen LogP contribution in [0.5, 0.6) is 0 Å². The van der Waals surface area contributed by atoms with E-state index in [1.54, 1.807) is 0 Å². The van der Waals surface area contributed by atoms with E-state index >= 15 is 0 Å². The maximum absolute atomic E-state index is 12.5. The highest BCUT2D eigenvalue weighted by molar-refractivity contribution is 6.48. The first-order valence-corrected chi connectivity index (χ1v) is 9.88. The minimum atomic E-state index is -0.566. The normalized spacial score (nSPS) is 38.7. The minimum absolute atomic E-state index is 0.0763. The molecule has 27 heavy (non-hydrogen) atoms.